The second-order valence-electron chi connectivity index (χ2n) is 2.28. The Bertz CT molecular complexity index is 181. The summed E-state index contributed by atoms with van der Waals surface area (Å²) in [4.78, 5) is 0. The standard InChI is InChI=1S/C5H9O5P/c6-4-1-2-9-5(4)3-10-11(7)8/h4-6H,1-3H2/t4-,5+/m0/s1. The van der Waals surface area contributed by atoms with Crippen LogP contribution in [0.25, 0.3) is 0 Å². The van der Waals surface area contributed by atoms with E-state index in [9.17, 15) is 9.13 Å². The van der Waals surface area contributed by atoms with Crippen molar-refractivity contribution in [3.8, 4) is 0 Å². The number of hydrogen-bond acceptors (Lipinski definition) is 5. The van der Waals surface area contributed by atoms with Crippen LogP contribution >= 0.6 is 7.91 Å². The zero-order chi connectivity index (χ0) is 8.27. The first-order chi connectivity index (χ1) is 5.20. The van der Waals surface area contributed by atoms with Crippen LogP contribution in [0.1, 0.15) is 6.42 Å². The monoisotopic (exact) mass is 180 g/mol. The van der Waals surface area contributed by atoms with E-state index in [-0.39, 0.29) is 6.61 Å². The Labute approximate surface area is 64.2 Å². The smallest absolute Gasteiger partial charge is 0.390 e. The molecule has 11 heavy (non-hydrogen) atoms. The second-order valence-corrected chi connectivity index (χ2v) is 2.99. The van der Waals surface area contributed by atoms with Gasteiger partial charge in [-0.2, -0.15) is 0 Å². The third kappa shape index (κ3) is 2.71. The van der Waals surface area contributed by atoms with Crippen LogP contribution in [0.3, 0.4) is 0 Å². The maximum atomic E-state index is 9.94. The zero-order valence-corrected chi connectivity index (χ0v) is 6.70. The zero-order valence-electron chi connectivity index (χ0n) is 5.80. The number of aliphatic hydroxyl groups is 1. The number of aliphatic hydroxyl groups excluding tert-OH is 1. The van der Waals surface area contributed by atoms with E-state index in [1.807, 2.05) is 0 Å². The third-order valence-corrected chi connectivity index (χ3v) is 1.88. The first-order valence-corrected chi connectivity index (χ1v) is 4.36. The molecule has 0 aromatic carbocycles. The highest BCUT2D eigenvalue weighted by atomic mass is 31.1. The van der Waals surface area contributed by atoms with E-state index in [4.69, 9.17) is 9.84 Å². The molecule has 0 amide bonds. The Kier molecular flexibility index (Phi) is 3.20. The minimum absolute atomic E-state index is 0.0835. The molecule has 5 nitrogen and oxygen atoms in total. The summed E-state index contributed by atoms with van der Waals surface area (Å²) in [6, 6.07) is 0. The molecule has 1 aliphatic heterocycles. The molecule has 6 heteroatoms. The van der Waals surface area contributed by atoms with Gasteiger partial charge in [-0.25, -0.2) is 9.13 Å². The minimum Gasteiger partial charge on any atom is -0.390 e. The molecule has 0 saturated carbocycles. The fourth-order valence-electron chi connectivity index (χ4n) is 0.931. The van der Waals surface area contributed by atoms with Gasteiger partial charge in [0.2, 0.25) is 0 Å². The average Bonchev–Trinajstić information content (AvgIpc) is 2.31. The topological polar surface area (TPSA) is 72.8 Å². The lowest BCUT2D eigenvalue weighted by atomic mass is 10.2. The first kappa shape index (κ1) is 8.87. The number of ether oxygens (including phenoxy) is 1. The second kappa shape index (κ2) is 3.97. The van der Waals surface area contributed by atoms with Crippen LogP contribution in [-0.2, 0) is 18.4 Å². The SMILES string of the molecule is O=P(=O)OC[C@H]1OCC[C@@H]1O. The van der Waals surface area contributed by atoms with Crippen molar-refractivity contribution >= 4 is 7.91 Å². The third-order valence-electron chi connectivity index (χ3n) is 1.52. The van der Waals surface area contributed by atoms with Gasteiger partial charge in [0, 0.05) is 6.61 Å². The molecule has 1 aliphatic rings. The molecule has 1 rings (SSSR count). The van der Waals surface area contributed by atoms with E-state index in [0.717, 1.165) is 0 Å². The van der Waals surface area contributed by atoms with Crippen LogP contribution < -0.4 is 0 Å². The molecule has 0 radical (unpaired) electrons. The summed E-state index contributed by atoms with van der Waals surface area (Å²) in [7, 11) is -2.83. The fraction of sp³-hybridized carbons (Fsp3) is 1.00. The molecule has 0 aromatic rings. The predicted octanol–water partition coefficient (Wildman–Crippen LogP) is 0.241. The summed E-state index contributed by atoms with van der Waals surface area (Å²) in [5.41, 5.74) is 0. The average molecular weight is 180 g/mol. The largest absolute Gasteiger partial charge is 0.468 e. The van der Waals surface area contributed by atoms with Gasteiger partial charge in [0.25, 0.3) is 0 Å². The molecule has 0 aliphatic carbocycles. The maximum absolute atomic E-state index is 9.94. The van der Waals surface area contributed by atoms with Crippen molar-refractivity contribution < 1.29 is 23.5 Å². The number of rotatable bonds is 3. The first-order valence-electron chi connectivity index (χ1n) is 3.27. The quantitative estimate of drug-likeness (QED) is 0.630. The van der Waals surface area contributed by atoms with Gasteiger partial charge in [0.1, 0.15) is 6.10 Å². The lowest BCUT2D eigenvalue weighted by Crippen LogP contribution is -2.24. The summed E-state index contributed by atoms with van der Waals surface area (Å²) in [6.07, 6.45) is -0.531. The molecule has 0 bridgehead atoms. The molecule has 0 aromatic heterocycles. The van der Waals surface area contributed by atoms with Crippen LogP contribution in [0.15, 0.2) is 0 Å². The van der Waals surface area contributed by atoms with E-state index < -0.39 is 20.1 Å². The van der Waals surface area contributed by atoms with Gasteiger partial charge in [-0.3, -0.25) is 4.52 Å². The van der Waals surface area contributed by atoms with E-state index in [1.54, 1.807) is 0 Å². The lowest BCUT2D eigenvalue weighted by Gasteiger charge is -2.09. The highest BCUT2D eigenvalue weighted by molar-refractivity contribution is 7.24. The van der Waals surface area contributed by atoms with Gasteiger partial charge >= 0.3 is 7.91 Å². The Hall–Kier alpha value is -0.220. The van der Waals surface area contributed by atoms with Crippen molar-refractivity contribution in [1.29, 1.82) is 0 Å². The van der Waals surface area contributed by atoms with Gasteiger partial charge in [-0.15, -0.1) is 0 Å². The van der Waals surface area contributed by atoms with Gasteiger partial charge in [0.15, 0.2) is 0 Å². The Morgan fingerprint density at radius 1 is 1.64 bits per heavy atom. The van der Waals surface area contributed by atoms with Crippen LogP contribution in [0, 0.1) is 0 Å². The Morgan fingerprint density at radius 3 is 2.82 bits per heavy atom. The van der Waals surface area contributed by atoms with Crippen LogP contribution in [0.4, 0.5) is 0 Å². The number of hydrogen-bond donors (Lipinski definition) is 1. The predicted molar refractivity (Wildman–Crippen MR) is 34.6 cm³/mol. The van der Waals surface area contributed by atoms with Crippen molar-refractivity contribution in [2.45, 2.75) is 18.6 Å². The van der Waals surface area contributed by atoms with Gasteiger partial charge < -0.3 is 9.84 Å². The molecule has 1 fully saturated rings. The lowest BCUT2D eigenvalue weighted by molar-refractivity contribution is 0.0121. The fourth-order valence-corrected chi connectivity index (χ4v) is 1.20. The molecule has 1 N–H and O–H groups in total. The minimum atomic E-state index is -2.83. The molecule has 0 spiro atoms. The molecule has 2 atom stereocenters. The highest BCUT2D eigenvalue weighted by Crippen LogP contribution is 2.16. The molecule has 1 heterocycles. The van der Waals surface area contributed by atoms with Crippen LogP contribution in [0.5, 0.6) is 0 Å². The summed E-state index contributed by atoms with van der Waals surface area (Å²) in [5.74, 6) is 0. The normalized spacial score (nSPS) is 30.6. The highest BCUT2D eigenvalue weighted by Gasteiger charge is 2.26. The summed E-state index contributed by atoms with van der Waals surface area (Å²) < 4.78 is 29.1. The van der Waals surface area contributed by atoms with E-state index in [2.05, 4.69) is 4.52 Å². The van der Waals surface area contributed by atoms with Crippen molar-refractivity contribution in [3.63, 3.8) is 0 Å². The van der Waals surface area contributed by atoms with Crippen LogP contribution in [0.2, 0.25) is 0 Å². The van der Waals surface area contributed by atoms with Gasteiger partial charge in [0.05, 0.1) is 12.7 Å². The van der Waals surface area contributed by atoms with Crippen molar-refractivity contribution in [3.05, 3.63) is 0 Å². The van der Waals surface area contributed by atoms with Gasteiger partial charge in [-0.1, -0.05) is 0 Å². The van der Waals surface area contributed by atoms with Crippen molar-refractivity contribution in [1.82, 2.24) is 0 Å². The summed E-state index contributed by atoms with van der Waals surface area (Å²) >= 11 is 0. The van der Waals surface area contributed by atoms with Gasteiger partial charge in [-0.05, 0) is 6.42 Å². The summed E-state index contributed by atoms with van der Waals surface area (Å²) in [6.45, 7) is 0.380. The van der Waals surface area contributed by atoms with Crippen molar-refractivity contribution in [2.24, 2.45) is 0 Å². The van der Waals surface area contributed by atoms with Crippen LogP contribution in [-0.4, -0.2) is 30.5 Å². The molecular weight excluding hydrogens is 171 g/mol. The maximum Gasteiger partial charge on any atom is 0.468 e. The van der Waals surface area contributed by atoms with E-state index in [1.165, 1.54) is 0 Å². The molecular formula is C5H9O5P. The summed E-state index contributed by atoms with van der Waals surface area (Å²) in [5, 5.41) is 9.10. The molecule has 0 unspecified atom stereocenters. The van der Waals surface area contributed by atoms with Crippen molar-refractivity contribution in [2.75, 3.05) is 13.2 Å². The molecule has 1 saturated heterocycles. The van der Waals surface area contributed by atoms with E-state index in [0.29, 0.717) is 13.0 Å². The molecule has 64 valence electrons. The Morgan fingerprint density at radius 2 is 2.36 bits per heavy atom. The van der Waals surface area contributed by atoms with E-state index >= 15 is 0 Å². The Balaban J connectivity index is 2.25.